The van der Waals surface area contributed by atoms with Crippen molar-refractivity contribution in [2.75, 3.05) is 0 Å². The number of aromatic nitrogens is 1. The molecule has 0 spiro atoms. The summed E-state index contributed by atoms with van der Waals surface area (Å²) in [5.74, 6) is 0. The summed E-state index contributed by atoms with van der Waals surface area (Å²) >= 11 is 1.52. The number of hydrogen-bond donors (Lipinski definition) is 0. The van der Waals surface area contributed by atoms with Gasteiger partial charge in [0.1, 0.15) is 0 Å². The van der Waals surface area contributed by atoms with Gasteiger partial charge in [0, 0.05) is 10.8 Å². The van der Waals surface area contributed by atoms with Crippen LogP contribution in [0.4, 0.5) is 0 Å². The maximum absolute atomic E-state index is 4.23. The average molecular weight is 171 g/mol. The molecule has 0 fully saturated rings. The molecule has 1 aromatic rings. The van der Waals surface area contributed by atoms with Crippen LogP contribution in [0.25, 0.3) is 0 Å². The molecule has 2 heteroatoms. The fraction of sp³-hybridized carbons (Fsp3) is 0.667. The van der Waals surface area contributed by atoms with E-state index in [0.717, 1.165) is 0 Å². The molecule has 1 nitrogen and oxygen atoms in total. The van der Waals surface area contributed by atoms with Gasteiger partial charge in [-0.2, -0.15) is 4.37 Å². The van der Waals surface area contributed by atoms with Crippen LogP contribution in [-0.2, 0) is 5.41 Å². The minimum Gasteiger partial charge on any atom is -0.197 e. The Hall–Kier alpha value is -0.370. The SMILES string of the molecule is CC.CC(C)(C)c1ccsn1. The molecule has 1 heterocycles. The molecule has 0 atom stereocenters. The molecule has 1 aromatic heterocycles. The number of rotatable bonds is 0. The highest BCUT2D eigenvalue weighted by atomic mass is 32.1. The molecule has 0 saturated heterocycles. The highest BCUT2D eigenvalue weighted by Gasteiger charge is 2.14. The Morgan fingerprint density at radius 3 is 2.00 bits per heavy atom. The van der Waals surface area contributed by atoms with Crippen LogP contribution in [-0.4, -0.2) is 4.37 Å². The van der Waals surface area contributed by atoms with Crippen LogP contribution in [0.15, 0.2) is 11.4 Å². The predicted octanol–water partition coefficient (Wildman–Crippen LogP) is 3.47. The lowest BCUT2D eigenvalue weighted by molar-refractivity contribution is 0.576. The van der Waals surface area contributed by atoms with E-state index in [-0.39, 0.29) is 5.41 Å². The van der Waals surface area contributed by atoms with Crippen LogP contribution >= 0.6 is 11.5 Å². The lowest BCUT2D eigenvalue weighted by atomic mass is 9.93. The zero-order valence-electron chi connectivity index (χ0n) is 8.01. The van der Waals surface area contributed by atoms with Crippen molar-refractivity contribution in [3.05, 3.63) is 17.1 Å². The summed E-state index contributed by atoms with van der Waals surface area (Å²) < 4.78 is 4.23. The molecule has 1 rings (SSSR count). The molecule has 0 bridgehead atoms. The molecule has 11 heavy (non-hydrogen) atoms. The zero-order chi connectivity index (χ0) is 8.91. The predicted molar refractivity (Wildman–Crippen MR) is 52.2 cm³/mol. The third kappa shape index (κ3) is 3.51. The van der Waals surface area contributed by atoms with Gasteiger partial charge in [-0.05, 0) is 17.6 Å². The molecule has 0 aliphatic carbocycles. The minimum absolute atomic E-state index is 0.222. The third-order valence-electron chi connectivity index (χ3n) is 1.21. The number of nitrogens with zero attached hydrogens (tertiary/aromatic N) is 1. The Balaban J connectivity index is 0.000000461. The fourth-order valence-corrected chi connectivity index (χ4v) is 1.30. The van der Waals surface area contributed by atoms with Crippen molar-refractivity contribution in [2.45, 2.75) is 40.0 Å². The highest BCUT2D eigenvalue weighted by molar-refractivity contribution is 7.03. The van der Waals surface area contributed by atoms with Gasteiger partial charge in [-0.1, -0.05) is 34.6 Å². The molecule has 0 aliphatic rings. The van der Waals surface area contributed by atoms with E-state index in [9.17, 15) is 0 Å². The van der Waals surface area contributed by atoms with Crippen LogP contribution in [0.1, 0.15) is 40.3 Å². The van der Waals surface area contributed by atoms with Crippen LogP contribution in [0.2, 0.25) is 0 Å². The first-order chi connectivity index (χ1) is 5.11. The first-order valence-electron chi connectivity index (χ1n) is 4.01. The van der Waals surface area contributed by atoms with E-state index in [2.05, 4.69) is 31.2 Å². The second-order valence-corrected chi connectivity index (χ2v) is 3.80. The molecule has 0 aromatic carbocycles. The molecular formula is C9H17NS. The first kappa shape index (κ1) is 10.6. The highest BCUT2D eigenvalue weighted by Crippen LogP contribution is 2.20. The largest absolute Gasteiger partial charge is 0.197 e. The van der Waals surface area contributed by atoms with E-state index in [1.807, 2.05) is 19.2 Å². The summed E-state index contributed by atoms with van der Waals surface area (Å²) in [5.41, 5.74) is 1.41. The van der Waals surface area contributed by atoms with E-state index in [0.29, 0.717) is 0 Å². The van der Waals surface area contributed by atoms with Crippen molar-refractivity contribution in [2.24, 2.45) is 0 Å². The van der Waals surface area contributed by atoms with Crippen LogP contribution < -0.4 is 0 Å². The van der Waals surface area contributed by atoms with E-state index >= 15 is 0 Å². The van der Waals surface area contributed by atoms with Crippen molar-refractivity contribution in [1.82, 2.24) is 4.37 Å². The lowest BCUT2D eigenvalue weighted by Crippen LogP contribution is -2.10. The average Bonchev–Trinajstić information content (AvgIpc) is 2.40. The van der Waals surface area contributed by atoms with Gasteiger partial charge in [0.15, 0.2) is 0 Å². The molecule has 0 amide bonds. The lowest BCUT2D eigenvalue weighted by Gasteiger charge is -2.13. The smallest absolute Gasteiger partial charge is 0.0595 e. The summed E-state index contributed by atoms with van der Waals surface area (Å²) in [6.07, 6.45) is 0. The summed E-state index contributed by atoms with van der Waals surface area (Å²) in [4.78, 5) is 0. The zero-order valence-corrected chi connectivity index (χ0v) is 8.83. The Bertz CT molecular complexity index is 172. The Kier molecular flexibility index (Phi) is 4.34. The van der Waals surface area contributed by atoms with Crippen LogP contribution in [0.5, 0.6) is 0 Å². The summed E-state index contributed by atoms with van der Waals surface area (Å²) in [6.45, 7) is 10.5. The van der Waals surface area contributed by atoms with Gasteiger partial charge in [0.25, 0.3) is 0 Å². The fourth-order valence-electron chi connectivity index (χ4n) is 0.599. The molecule has 0 unspecified atom stereocenters. The normalized spacial score (nSPS) is 10.3. The summed E-state index contributed by atoms with van der Waals surface area (Å²) in [5, 5.41) is 2.01. The van der Waals surface area contributed by atoms with Crippen molar-refractivity contribution in [3.8, 4) is 0 Å². The Morgan fingerprint density at radius 2 is 1.82 bits per heavy atom. The summed E-state index contributed by atoms with van der Waals surface area (Å²) in [6, 6.07) is 2.07. The number of hydrogen-bond acceptors (Lipinski definition) is 2. The standard InChI is InChI=1S/C7H11NS.C2H6/c1-7(2,3)6-4-5-9-8-6;1-2/h4-5H,1-3H3;1-2H3. The maximum Gasteiger partial charge on any atom is 0.0595 e. The van der Waals surface area contributed by atoms with E-state index < -0.39 is 0 Å². The maximum atomic E-state index is 4.23. The molecule has 0 radical (unpaired) electrons. The van der Waals surface area contributed by atoms with Gasteiger partial charge in [-0.25, -0.2) is 0 Å². The molecule has 0 N–H and O–H groups in total. The van der Waals surface area contributed by atoms with Gasteiger partial charge in [-0.3, -0.25) is 0 Å². The van der Waals surface area contributed by atoms with Crippen LogP contribution in [0, 0.1) is 0 Å². The van der Waals surface area contributed by atoms with Crippen molar-refractivity contribution in [3.63, 3.8) is 0 Å². The van der Waals surface area contributed by atoms with Gasteiger partial charge in [-0.15, -0.1) is 0 Å². The Labute approximate surface area is 73.6 Å². The quantitative estimate of drug-likeness (QED) is 0.582. The molecule has 0 aliphatic heterocycles. The van der Waals surface area contributed by atoms with Crippen molar-refractivity contribution >= 4 is 11.5 Å². The van der Waals surface area contributed by atoms with E-state index in [4.69, 9.17) is 0 Å². The second kappa shape index (κ2) is 4.50. The van der Waals surface area contributed by atoms with Gasteiger partial charge in [0.05, 0.1) is 5.69 Å². The minimum atomic E-state index is 0.222. The molecule has 64 valence electrons. The summed E-state index contributed by atoms with van der Waals surface area (Å²) in [7, 11) is 0. The molecule has 0 saturated carbocycles. The van der Waals surface area contributed by atoms with E-state index in [1.165, 1.54) is 17.2 Å². The van der Waals surface area contributed by atoms with E-state index in [1.54, 1.807) is 0 Å². The second-order valence-electron chi connectivity index (χ2n) is 3.13. The van der Waals surface area contributed by atoms with Crippen molar-refractivity contribution < 1.29 is 0 Å². The van der Waals surface area contributed by atoms with Gasteiger partial charge >= 0.3 is 0 Å². The van der Waals surface area contributed by atoms with Gasteiger partial charge < -0.3 is 0 Å². The van der Waals surface area contributed by atoms with Gasteiger partial charge in [0.2, 0.25) is 0 Å². The topological polar surface area (TPSA) is 12.9 Å². The third-order valence-corrected chi connectivity index (χ3v) is 1.77. The van der Waals surface area contributed by atoms with Crippen molar-refractivity contribution in [1.29, 1.82) is 0 Å². The Morgan fingerprint density at radius 1 is 1.27 bits per heavy atom. The first-order valence-corrected chi connectivity index (χ1v) is 4.85. The monoisotopic (exact) mass is 171 g/mol. The van der Waals surface area contributed by atoms with Crippen LogP contribution in [0.3, 0.4) is 0 Å². The molecular weight excluding hydrogens is 154 g/mol.